The summed E-state index contributed by atoms with van der Waals surface area (Å²) in [7, 11) is 4.88. The Morgan fingerprint density at radius 3 is 2.69 bits per heavy atom. The van der Waals surface area contributed by atoms with Gasteiger partial charge in [-0.05, 0) is 12.1 Å². The molecule has 0 saturated heterocycles. The summed E-state index contributed by atoms with van der Waals surface area (Å²) in [5.74, 6) is 0.992. The quantitative estimate of drug-likeness (QED) is 0.766. The molecule has 2 N–H and O–H groups in total. The highest BCUT2D eigenvalue weighted by Gasteiger charge is 2.06. The lowest BCUT2D eigenvalue weighted by Gasteiger charge is -2.12. The molecule has 1 amide bonds. The van der Waals surface area contributed by atoms with Gasteiger partial charge in [-0.25, -0.2) is 0 Å². The predicted octanol–water partition coefficient (Wildman–Crippen LogP) is 0.744. The maximum atomic E-state index is 11.3. The minimum Gasteiger partial charge on any atom is -0.494 e. The zero-order chi connectivity index (χ0) is 12.1. The van der Waals surface area contributed by atoms with Crippen LogP contribution < -0.4 is 15.2 Å². The first-order chi connectivity index (χ1) is 7.54. The van der Waals surface area contributed by atoms with E-state index in [2.05, 4.69) is 0 Å². The maximum absolute atomic E-state index is 11.3. The molecule has 1 aromatic rings. The van der Waals surface area contributed by atoms with Gasteiger partial charge in [-0.15, -0.1) is 0 Å². The van der Waals surface area contributed by atoms with Crippen LogP contribution in [0.25, 0.3) is 0 Å². The fraction of sp³-hybridized carbons (Fsp3) is 0.364. The summed E-state index contributed by atoms with van der Waals surface area (Å²) in [6, 6.07) is 5.02. The molecule has 5 heteroatoms. The lowest BCUT2D eigenvalue weighted by Crippen LogP contribution is -2.27. The van der Waals surface area contributed by atoms with Crippen LogP contribution in [0.4, 0.5) is 5.69 Å². The molecule has 0 aliphatic rings. The molecule has 88 valence electrons. The zero-order valence-corrected chi connectivity index (χ0v) is 9.69. The van der Waals surface area contributed by atoms with Gasteiger partial charge >= 0.3 is 0 Å². The molecular formula is C11H16N2O3. The summed E-state index contributed by atoms with van der Waals surface area (Å²) in [5.41, 5.74) is 6.18. The summed E-state index contributed by atoms with van der Waals surface area (Å²) in [6.45, 7) is 0.0000718. The smallest absolute Gasteiger partial charge is 0.259 e. The van der Waals surface area contributed by atoms with E-state index in [0.717, 1.165) is 0 Å². The number of hydrogen-bond donors (Lipinski definition) is 1. The molecule has 0 atom stereocenters. The Kier molecular flexibility index (Phi) is 3.99. The lowest BCUT2D eigenvalue weighted by molar-refractivity contribution is -0.130. The number of methoxy groups -OCH3 is 1. The Morgan fingerprint density at radius 2 is 2.12 bits per heavy atom. The molecule has 0 bridgehead atoms. The first-order valence-electron chi connectivity index (χ1n) is 4.81. The molecule has 0 aliphatic heterocycles. The molecule has 16 heavy (non-hydrogen) atoms. The molecular weight excluding hydrogens is 208 g/mol. The highest BCUT2D eigenvalue weighted by atomic mass is 16.5. The number of nitrogens with zero attached hydrogens (tertiary/aromatic N) is 1. The summed E-state index contributed by atoms with van der Waals surface area (Å²) in [5, 5.41) is 0. The standard InChI is InChI=1S/C11H16N2O3/c1-13(2)11(14)7-16-8-4-5-9(12)10(6-8)15-3/h4-6H,7,12H2,1-3H3. The second kappa shape index (κ2) is 5.25. The highest BCUT2D eigenvalue weighted by Crippen LogP contribution is 2.26. The molecule has 0 spiro atoms. The topological polar surface area (TPSA) is 64.8 Å². The van der Waals surface area contributed by atoms with E-state index in [-0.39, 0.29) is 12.5 Å². The SMILES string of the molecule is COc1cc(OCC(=O)N(C)C)ccc1N. The van der Waals surface area contributed by atoms with E-state index in [9.17, 15) is 4.79 Å². The normalized spacial score (nSPS) is 9.69. The minimum atomic E-state index is -0.101. The Morgan fingerprint density at radius 1 is 1.44 bits per heavy atom. The fourth-order valence-electron chi connectivity index (χ4n) is 1.06. The first kappa shape index (κ1) is 12.2. The van der Waals surface area contributed by atoms with Crippen molar-refractivity contribution in [2.45, 2.75) is 0 Å². The number of anilines is 1. The van der Waals surface area contributed by atoms with Gasteiger partial charge in [0.25, 0.3) is 5.91 Å². The number of nitrogen functional groups attached to an aromatic ring is 1. The van der Waals surface area contributed by atoms with Crippen molar-refractivity contribution in [3.05, 3.63) is 18.2 Å². The van der Waals surface area contributed by atoms with Crippen LogP contribution in [0.2, 0.25) is 0 Å². The number of rotatable bonds is 4. The fourth-order valence-corrected chi connectivity index (χ4v) is 1.06. The van der Waals surface area contributed by atoms with Crippen molar-refractivity contribution in [3.8, 4) is 11.5 Å². The van der Waals surface area contributed by atoms with Crippen molar-refractivity contribution in [1.29, 1.82) is 0 Å². The molecule has 0 heterocycles. The Bertz CT molecular complexity index is 377. The number of carbonyl (C=O) groups is 1. The van der Waals surface area contributed by atoms with Crippen molar-refractivity contribution < 1.29 is 14.3 Å². The van der Waals surface area contributed by atoms with Gasteiger partial charge in [0.2, 0.25) is 0 Å². The van der Waals surface area contributed by atoms with Gasteiger partial charge in [0.1, 0.15) is 11.5 Å². The summed E-state index contributed by atoms with van der Waals surface area (Å²) < 4.78 is 10.3. The zero-order valence-electron chi connectivity index (χ0n) is 9.69. The van der Waals surface area contributed by atoms with E-state index in [1.54, 1.807) is 32.3 Å². The number of nitrogens with two attached hydrogens (primary N) is 1. The van der Waals surface area contributed by atoms with Crippen LogP contribution in [0.5, 0.6) is 11.5 Å². The summed E-state index contributed by atoms with van der Waals surface area (Å²) in [4.78, 5) is 12.7. The average Bonchev–Trinajstić information content (AvgIpc) is 2.27. The molecule has 0 unspecified atom stereocenters. The van der Waals surface area contributed by atoms with Crippen LogP contribution in [0.3, 0.4) is 0 Å². The molecule has 0 aliphatic carbocycles. The molecule has 0 radical (unpaired) electrons. The van der Waals surface area contributed by atoms with E-state index >= 15 is 0 Å². The van der Waals surface area contributed by atoms with E-state index in [4.69, 9.17) is 15.2 Å². The molecule has 0 saturated carbocycles. The van der Waals surface area contributed by atoms with Gasteiger partial charge in [-0.2, -0.15) is 0 Å². The molecule has 0 fully saturated rings. The van der Waals surface area contributed by atoms with Crippen LogP contribution in [-0.4, -0.2) is 38.6 Å². The van der Waals surface area contributed by atoms with Gasteiger partial charge < -0.3 is 20.1 Å². The van der Waals surface area contributed by atoms with Crippen molar-refractivity contribution in [3.63, 3.8) is 0 Å². The largest absolute Gasteiger partial charge is 0.494 e. The van der Waals surface area contributed by atoms with Crippen LogP contribution >= 0.6 is 0 Å². The van der Waals surface area contributed by atoms with Crippen LogP contribution in [0, 0.1) is 0 Å². The lowest BCUT2D eigenvalue weighted by atomic mass is 10.3. The second-order valence-electron chi connectivity index (χ2n) is 3.48. The Hall–Kier alpha value is -1.91. The van der Waals surface area contributed by atoms with E-state index in [1.807, 2.05) is 0 Å². The van der Waals surface area contributed by atoms with Gasteiger partial charge in [0, 0.05) is 20.2 Å². The van der Waals surface area contributed by atoms with Crippen molar-refractivity contribution in [1.82, 2.24) is 4.90 Å². The molecule has 1 aromatic carbocycles. The van der Waals surface area contributed by atoms with E-state index in [1.165, 1.54) is 12.0 Å². The number of amides is 1. The average molecular weight is 224 g/mol. The third-order valence-corrected chi connectivity index (χ3v) is 2.07. The Labute approximate surface area is 94.7 Å². The van der Waals surface area contributed by atoms with Gasteiger partial charge in [-0.1, -0.05) is 0 Å². The number of carbonyl (C=O) groups excluding carboxylic acids is 1. The number of hydrogen-bond acceptors (Lipinski definition) is 4. The van der Waals surface area contributed by atoms with Gasteiger partial charge in [0.05, 0.1) is 12.8 Å². The molecule has 1 rings (SSSR count). The third kappa shape index (κ3) is 3.05. The van der Waals surface area contributed by atoms with Gasteiger partial charge in [0.15, 0.2) is 6.61 Å². The van der Waals surface area contributed by atoms with Crippen molar-refractivity contribution >= 4 is 11.6 Å². The number of likely N-dealkylation sites (N-methyl/N-ethyl adjacent to an activating group) is 1. The van der Waals surface area contributed by atoms with Crippen LogP contribution in [0.1, 0.15) is 0 Å². The van der Waals surface area contributed by atoms with Gasteiger partial charge in [-0.3, -0.25) is 4.79 Å². The number of benzene rings is 1. The van der Waals surface area contributed by atoms with Crippen molar-refractivity contribution in [2.75, 3.05) is 33.5 Å². The second-order valence-corrected chi connectivity index (χ2v) is 3.48. The maximum Gasteiger partial charge on any atom is 0.259 e. The van der Waals surface area contributed by atoms with E-state index in [0.29, 0.717) is 17.2 Å². The summed E-state index contributed by atoms with van der Waals surface area (Å²) in [6.07, 6.45) is 0. The number of ether oxygens (including phenoxy) is 2. The van der Waals surface area contributed by atoms with Crippen LogP contribution in [-0.2, 0) is 4.79 Å². The monoisotopic (exact) mass is 224 g/mol. The molecule has 5 nitrogen and oxygen atoms in total. The Balaban J connectivity index is 2.64. The van der Waals surface area contributed by atoms with Crippen molar-refractivity contribution in [2.24, 2.45) is 0 Å². The third-order valence-electron chi connectivity index (χ3n) is 2.07. The highest BCUT2D eigenvalue weighted by molar-refractivity contribution is 5.77. The van der Waals surface area contributed by atoms with E-state index < -0.39 is 0 Å². The molecule has 0 aromatic heterocycles. The van der Waals surface area contributed by atoms with Crippen LogP contribution in [0.15, 0.2) is 18.2 Å². The predicted molar refractivity (Wildman–Crippen MR) is 61.6 cm³/mol. The minimum absolute atomic E-state index is 0.0000718. The first-order valence-corrected chi connectivity index (χ1v) is 4.81. The summed E-state index contributed by atoms with van der Waals surface area (Å²) >= 11 is 0.